The van der Waals surface area contributed by atoms with Crippen molar-refractivity contribution in [2.24, 2.45) is 5.73 Å². The van der Waals surface area contributed by atoms with E-state index < -0.39 is 0 Å². The zero-order chi connectivity index (χ0) is 15.2. The van der Waals surface area contributed by atoms with Gasteiger partial charge < -0.3 is 15.4 Å². The quantitative estimate of drug-likeness (QED) is 0.886. The average Bonchev–Trinajstić information content (AvgIpc) is 2.53. The molecule has 21 heavy (non-hydrogen) atoms. The second-order valence-electron chi connectivity index (χ2n) is 4.77. The van der Waals surface area contributed by atoms with Crippen molar-refractivity contribution >= 4 is 5.69 Å². The van der Waals surface area contributed by atoms with E-state index in [-0.39, 0.29) is 11.9 Å². The molecule has 0 saturated carbocycles. The summed E-state index contributed by atoms with van der Waals surface area (Å²) < 4.78 is 19.3. The lowest BCUT2D eigenvalue weighted by molar-refractivity contribution is 0.413. The van der Waals surface area contributed by atoms with Gasteiger partial charge in [-0.2, -0.15) is 0 Å². The van der Waals surface area contributed by atoms with Gasteiger partial charge in [0.15, 0.2) is 0 Å². The van der Waals surface area contributed by atoms with Gasteiger partial charge in [0.2, 0.25) is 0 Å². The average molecular weight is 288 g/mol. The monoisotopic (exact) mass is 288 g/mol. The number of ether oxygens (including phenoxy) is 1. The Hall–Kier alpha value is -2.07. The fourth-order valence-electron chi connectivity index (χ4n) is 2.54. The molecule has 0 fully saturated rings. The summed E-state index contributed by atoms with van der Waals surface area (Å²) in [6.07, 6.45) is 0. The van der Waals surface area contributed by atoms with Gasteiger partial charge in [-0.25, -0.2) is 4.39 Å². The van der Waals surface area contributed by atoms with Crippen LogP contribution in [0, 0.1) is 5.82 Å². The van der Waals surface area contributed by atoms with Crippen LogP contribution in [0.1, 0.15) is 18.5 Å². The third-order valence-corrected chi connectivity index (χ3v) is 3.58. The summed E-state index contributed by atoms with van der Waals surface area (Å²) in [5.74, 6) is 0.538. The van der Waals surface area contributed by atoms with E-state index >= 15 is 0 Å². The van der Waals surface area contributed by atoms with Crippen molar-refractivity contribution < 1.29 is 9.13 Å². The van der Waals surface area contributed by atoms with Gasteiger partial charge in [-0.3, -0.25) is 0 Å². The Morgan fingerprint density at radius 1 is 1.19 bits per heavy atom. The van der Waals surface area contributed by atoms with Gasteiger partial charge >= 0.3 is 0 Å². The molecule has 4 heteroatoms. The number of anilines is 1. The number of benzene rings is 2. The Morgan fingerprint density at radius 2 is 1.95 bits per heavy atom. The number of likely N-dealkylation sites (N-methyl/N-ethyl adjacent to an activating group) is 1. The van der Waals surface area contributed by atoms with Gasteiger partial charge in [-0.15, -0.1) is 0 Å². The largest absolute Gasteiger partial charge is 0.497 e. The number of rotatable bonds is 6. The fraction of sp³-hybridized carbons (Fsp3) is 0.294. The Morgan fingerprint density at radius 3 is 2.57 bits per heavy atom. The maximum Gasteiger partial charge on any atom is 0.146 e. The Bertz CT molecular complexity index is 589. The summed E-state index contributed by atoms with van der Waals surface area (Å²) >= 11 is 0. The first-order valence-corrected chi connectivity index (χ1v) is 7.06. The van der Waals surface area contributed by atoms with Crippen LogP contribution < -0.4 is 15.4 Å². The molecule has 1 atom stereocenters. The van der Waals surface area contributed by atoms with Gasteiger partial charge in [0.05, 0.1) is 18.8 Å². The molecule has 112 valence electrons. The zero-order valence-corrected chi connectivity index (χ0v) is 12.4. The minimum absolute atomic E-state index is 0.0954. The molecular weight excluding hydrogens is 267 g/mol. The molecule has 0 aliphatic heterocycles. The molecule has 0 aliphatic carbocycles. The van der Waals surface area contributed by atoms with E-state index in [2.05, 4.69) is 0 Å². The van der Waals surface area contributed by atoms with Crippen LogP contribution in [-0.2, 0) is 0 Å². The lowest BCUT2D eigenvalue weighted by Crippen LogP contribution is -2.34. The van der Waals surface area contributed by atoms with E-state index in [1.165, 1.54) is 6.07 Å². The van der Waals surface area contributed by atoms with Gasteiger partial charge in [-0.05, 0) is 36.8 Å². The van der Waals surface area contributed by atoms with Crippen LogP contribution in [0.25, 0.3) is 0 Å². The first-order valence-electron chi connectivity index (χ1n) is 7.06. The molecule has 0 aromatic heterocycles. The third kappa shape index (κ3) is 3.34. The van der Waals surface area contributed by atoms with Crippen LogP contribution in [0.3, 0.4) is 0 Å². The van der Waals surface area contributed by atoms with Crippen LogP contribution in [0.5, 0.6) is 5.75 Å². The van der Waals surface area contributed by atoms with Crippen LogP contribution in [0.2, 0.25) is 0 Å². The van der Waals surface area contributed by atoms with Gasteiger partial charge in [0.1, 0.15) is 11.6 Å². The molecule has 0 spiro atoms. The minimum Gasteiger partial charge on any atom is -0.497 e. The Kier molecular flexibility index (Phi) is 5.17. The maximum absolute atomic E-state index is 14.1. The molecular formula is C17H21FN2O. The summed E-state index contributed by atoms with van der Waals surface area (Å²) in [5.41, 5.74) is 7.54. The summed E-state index contributed by atoms with van der Waals surface area (Å²) in [6.45, 7) is 3.06. The molecule has 0 aliphatic rings. The van der Waals surface area contributed by atoms with Gasteiger partial charge in [-0.1, -0.05) is 24.3 Å². The van der Waals surface area contributed by atoms with Crippen LogP contribution in [-0.4, -0.2) is 20.2 Å². The molecule has 0 amide bonds. The normalized spacial score (nSPS) is 12.0. The number of hydrogen-bond acceptors (Lipinski definition) is 3. The second-order valence-corrected chi connectivity index (χ2v) is 4.77. The van der Waals surface area contributed by atoms with E-state index in [0.717, 1.165) is 11.3 Å². The van der Waals surface area contributed by atoms with Gasteiger partial charge in [0.25, 0.3) is 0 Å². The van der Waals surface area contributed by atoms with Crippen molar-refractivity contribution in [3.8, 4) is 5.75 Å². The fourth-order valence-corrected chi connectivity index (χ4v) is 2.54. The van der Waals surface area contributed by atoms with E-state index in [4.69, 9.17) is 10.5 Å². The van der Waals surface area contributed by atoms with Crippen molar-refractivity contribution in [2.75, 3.05) is 25.1 Å². The number of para-hydroxylation sites is 1. The number of nitrogens with zero attached hydrogens (tertiary/aromatic N) is 1. The van der Waals surface area contributed by atoms with E-state index in [0.29, 0.717) is 18.8 Å². The summed E-state index contributed by atoms with van der Waals surface area (Å²) in [5, 5.41) is 0. The molecule has 0 heterocycles. The van der Waals surface area contributed by atoms with E-state index in [1.54, 1.807) is 19.2 Å². The van der Waals surface area contributed by atoms with Crippen LogP contribution in [0.15, 0.2) is 48.5 Å². The van der Waals surface area contributed by atoms with E-state index in [1.807, 2.05) is 42.2 Å². The molecule has 2 aromatic carbocycles. The second kappa shape index (κ2) is 7.09. The maximum atomic E-state index is 14.1. The zero-order valence-electron chi connectivity index (χ0n) is 12.4. The lowest BCUT2D eigenvalue weighted by atomic mass is 10.0. The predicted octanol–water partition coefficient (Wildman–Crippen LogP) is 3.36. The topological polar surface area (TPSA) is 38.5 Å². The Balaban J connectivity index is 2.40. The van der Waals surface area contributed by atoms with E-state index in [9.17, 15) is 4.39 Å². The minimum atomic E-state index is -0.235. The predicted molar refractivity (Wildman–Crippen MR) is 84.2 cm³/mol. The lowest BCUT2D eigenvalue weighted by Gasteiger charge is -2.32. The number of hydrogen-bond donors (Lipinski definition) is 1. The molecule has 1 unspecified atom stereocenters. The van der Waals surface area contributed by atoms with Crippen molar-refractivity contribution in [3.05, 3.63) is 59.9 Å². The summed E-state index contributed by atoms with van der Waals surface area (Å²) in [7, 11) is 1.63. The van der Waals surface area contributed by atoms with Crippen molar-refractivity contribution in [3.63, 3.8) is 0 Å². The standard InChI is InChI=1S/C17H21FN2O/c1-3-20(16-10-5-4-9-15(16)18)17(12-19)13-7-6-8-14(11-13)21-2/h4-11,17H,3,12,19H2,1-2H3. The molecule has 2 rings (SSSR count). The first kappa shape index (κ1) is 15.3. The van der Waals surface area contributed by atoms with Gasteiger partial charge in [0, 0.05) is 13.1 Å². The third-order valence-electron chi connectivity index (χ3n) is 3.58. The number of nitrogens with two attached hydrogens (primary N) is 1. The highest BCUT2D eigenvalue weighted by atomic mass is 19.1. The highest BCUT2D eigenvalue weighted by molar-refractivity contribution is 5.50. The molecule has 0 bridgehead atoms. The Labute approximate surface area is 125 Å². The highest BCUT2D eigenvalue weighted by Crippen LogP contribution is 2.29. The van der Waals surface area contributed by atoms with Crippen molar-refractivity contribution in [1.82, 2.24) is 0 Å². The number of methoxy groups -OCH3 is 1. The van der Waals surface area contributed by atoms with Crippen molar-refractivity contribution in [2.45, 2.75) is 13.0 Å². The molecule has 2 aromatic rings. The summed E-state index contributed by atoms with van der Waals surface area (Å²) in [4.78, 5) is 1.98. The SMILES string of the molecule is CCN(c1ccccc1F)C(CN)c1cccc(OC)c1. The molecule has 0 radical (unpaired) electrons. The van der Waals surface area contributed by atoms with Crippen molar-refractivity contribution in [1.29, 1.82) is 0 Å². The molecule has 2 N–H and O–H groups in total. The highest BCUT2D eigenvalue weighted by Gasteiger charge is 2.20. The van der Waals surface area contributed by atoms with Crippen LogP contribution in [0.4, 0.5) is 10.1 Å². The summed E-state index contributed by atoms with van der Waals surface area (Å²) in [6, 6.07) is 14.4. The smallest absolute Gasteiger partial charge is 0.146 e. The van der Waals surface area contributed by atoms with Crippen LogP contribution >= 0.6 is 0 Å². The number of halogens is 1. The molecule has 3 nitrogen and oxygen atoms in total. The molecule has 0 saturated heterocycles. The first-order chi connectivity index (χ1) is 10.2.